The summed E-state index contributed by atoms with van der Waals surface area (Å²) in [6.45, 7) is 2.95. The molecule has 0 amide bonds. The molecule has 0 saturated heterocycles. The lowest BCUT2D eigenvalue weighted by atomic mass is 10.1. The zero-order valence-corrected chi connectivity index (χ0v) is 10.4. The lowest BCUT2D eigenvalue weighted by molar-refractivity contribution is 0.0967. The molecule has 0 unspecified atom stereocenters. The van der Waals surface area contributed by atoms with E-state index in [2.05, 4.69) is 6.92 Å². The van der Waals surface area contributed by atoms with Crippen molar-refractivity contribution < 1.29 is 9.53 Å². The van der Waals surface area contributed by atoms with Crippen LogP contribution in [0.5, 0.6) is 5.75 Å². The monoisotopic (exact) mass is 232 g/mol. The standard InChI is InChI=1S/C15H20O2/c1-2-3-4-11-17-14-9-7-13(8-10-14)15(16)12-5-6-12/h7-10,12H,2-6,11H2,1H3. The summed E-state index contributed by atoms with van der Waals surface area (Å²) in [5, 5.41) is 0. The molecule has 0 aliphatic heterocycles. The largest absolute Gasteiger partial charge is 0.494 e. The highest BCUT2D eigenvalue weighted by Gasteiger charge is 2.30. The number of carbonyl (C=O) groups excluding carboxylic acids is 1. The Bertz CT molecular complexity index is 363. The van der Waals surface area contributed by atoms with Gasteiger partial charge in [-0.3, -0.25) is 4.79 Å². The maximum absolute atomic E-state index is 11.8. The van der Waals surface area contributed by atoms with E-state index in [-0.39, 0.29) is 0 Å². The molecule has 1 aliphatic rings. The van der Waals surface area contributed by atoms with E-state index >= 15 is 0 Å². The fraction of sp³-hybridized carbons (Fsp3) is 0.533. The van der Waals surface area contributed by atoms with Gasteiger partial charge in [-0.05, 0) is 43.5 Å². The Balaban J connectivity index is 1.82. The first-order chi connectivity index (χ1) is 8.31. The van der Waals surface area contributed by atoms with Gasteiger partial charge in [0.2, 0.25) is 0 Å². The normalized spacial score (nSPS) is 14.6. The molecule has 2 rings (SSSR count). The molecule has 92 valence electrons. The van der Waals surface area contributed by atoms with E-state index < -0.39 is 0 Å². The van der Waals surface area contributed by atoms with Crippen molar-refractivity contribution in [1.82, 2.24) is 0 Å². The molecular formula is C15H20O2. The third-order valence-electron chi connectivity index (χ3n) is 3.10. The van der Waals surface area contributed by atoms with Gasteiger partial charge < -0.3 is 4.74 Å². The van der Waals surface area contributed by atoms with Crippen molar-refractivity contribution in [2.24, 2.45) is 5.92 Å². The Morgan fingerprint density at radius 1 is 1.24 bits per heavy atom. The number of Topliss-reactive ketones (excluding diaryl/α,β-unsaturated/α-hetero) is 1. The van der Waals surface area contributed by atoms with Gasteiger partial charge in [0, 0.05) is 11.5 Å². The van der Waals surface area contributed by atoms with Crippen molar-refractivity contribution in [2.75, 3.05) is 6.61 Å². The average Bonchev–Trinajstić information content (AvgIpc) is 3.19. The Morgan fingerprint density at radius 3 is 2.53 bits per heavy atom. The Labute approximate surface area is 103 Å². The number of carbonyl (C=O) groups is 1. The number of hydrogen-bond donors (Lipinski definition) is 0. The minimum atomic E-state index is 0.294. The summed E-state index contributed by atoms with van der Waals surface area (Å²) in [7, 11) is 0. The van der Waals surface area contributed by atoms with Crippen molar-refractivity contribution in [3.05, 3.63) is 29.8 Å². The van der Waals surface area contributed by atoms with E-state index in [0.29, 0.717) is 11.7 Å². The first-order valence-electron chi connectivity index (χ1n) is 6.58. The van der Waals surface area contributed by atoms with Crippen LogP contribution in [0.25, 0.3) is 0 Å². The summed E-state index contributed by atoms with van der Waals surface area (Å²) in [5.74, 6) is 1.46. The first kappa shape index (κ1) is 12.2. The van der Waals surface area contributed by atoms with Gasteiger partial charge in [-0.1, -0.05) is 19.8 Å². The molecule has 2 nitrogen and oxygen atoms in total. The van der Waals surface area contributed by atoms with Crippen LogP contribution in [0.3, 0.4) is 0 Å². The lowest BCUT2D eigenvalue weighted by Crippen LogP contribution is -2.01. The molecule has 1 aliphatic carbocycles. The lowest BCUT2D eigenvalue weighted by Gasteiger charge is -2.06. The number of hydrogen-bond acceptors (Lipinski definition) is 2. The van der Waals surface area contributed by atoms with Crippen LogP contribution < -0.4 is 4.74 Å². The second-order valence-corrected chi connectivity index (χ2v) is 4.72. The second-order valence-electron chi connectivity index (χ2n) is 4.72. The predicted octanol–water partition coefficient (Wildman–Crippen LogP) is 3.85. The van der Waals surface area contributed by atoms with E-state index in [1.165, 1.54) is 12.8 Å². The van der Waals surface area contributed by atoms with Crippen LogP contribution >= 0.6 is 0 Å². The summed E-state index contributed by atoms with van der Waals surface area (Å²) in [5.41, 5.74) is 0.827. The molecule has 0 atom stereocenters. The van der Waals surface area contributed by atoms with Crippen LogP contribution in [-0.2, 0) is 0 Å². The third kappa shape index (κ3) is 3.58. The van der Waals surface area contributed by atoms with Crippen LogP contribution in [0.1, 0.15) is 49.4 Å². The molecule has 1 aromatic rings. The predicted molar refractivity (Wildman–Crippen MR) is 68.5 cm³/mol. The summed E-state index contributed by atoms with van der Waals surface area (Å²) in [4.78, 5) is 11.8. The van der Waals surface area contributed by atoms with E-state index in [4.69, 9.17) is 4.74 Å². The average molecular weight is 232 g/mol. The molecule has 0 N–H and O–H groups in total. The molecule has 0 aromatic heterocycles. The number of unbranched alkanes of at least 4 members (excludes halogenated alkanes) is 2. The van der Waals surface area contributed by atoms with Crippen molar-refractivity contribution in [3.8, 4) is 5.75 Å². The van der Waals surface area contributed by atoms with Gasteiger partial charge in [0.15, 0.2) is 5.78 Å². The quantitative estimate of drug-likeness (QED) is 0.527. The topological polar surface area (TPSA) is 26.3 Å². The molecule has 17 heavy (non-hydrogen) atoms. The highest BCUT2D eigenvalue weighted by Crippen LogP contribution is 2.32. The maximum atomic E-state index is 11.8. The highest BCUT2D eigenvalue weighted by molar-refractivity contribution is 5.99. The van der Waals surface area contributed by atoms with Crippen LogP contribution in [0.2, 0.25) is 0 Å². The Kier molecular flexibility index (Phi) is 4.18. The van der Waals surface area contributed by atoms with E-state index in [1.54, 1.807) is 0 Å². The van der Waals surface area contributed by atoms with Gasteiger partial charge in [-0.2, -0.15) is 0 Å². The molecule has 0 heterocycles. The Hall–Kier alpha value is -1.31. The number of rotatable bonds is 7. The molecular weight excluding hydrogens is 212 g/mol. The third-order valence-corrected chi connectivity index (χ3v) is 3.10. The van der Waals surface area contributed by atoms with Crippen LogP contribution in [-0.4, -0.2) is 12.4 Å². The Morgan fingerprint density at radius 2 is 1.94 bits per heavy atom. The van der Waals surface area contributed by atoms with Crippen LogP contribution in [0, 0.1) is 5.92 Å². The maximum Gasteiger partial charge on any atom is 0.165 e. The fourth-order valence-electron chi connectivity index (χ4n) is 1.84. The molecule has 0 radical (unpaired) electrons. The molecule has 2 heteroatoms. The SMILES string of the molecule is CCCCCOc1ccc(C(=O)C2CC2)cc1. The number of ether oxygens (including phenoxy) is 1. The van der Waals surface area contributed by atoms with Gasteiger partial charge in [0.05, 0.1) is 6.61 Å². The molecule has 1 saturated carbocycles. The highest BCUT2D eigenvalue weighted by atomic mass is 16.5. The van der Waals surface area contributed by atoms with Gasteiger partial charge >= 0.3 is 0 Å². The van der Waals surface area contributed by atoms with Gasteiger partial charge in [-0.25, -0.2) is 0 Å². The minimum Gasteiger partial charge on any atom is -0.494 e. The van der Waals surface area contributed by atoms with E-state index in [9.17, 15) is 4.79 Å². The summed E-state index contributed by atoms with van der Waals surface area (Å²) < 4.78 is 5.61. The van der Waals surface area contributed by atoms with Gasteiger partial charge in [-0.15, -0.1) is 0 Å². The number of ketones is 1. The minimum absolute atomic E-state index is 0.294. The van der Waals surface area contributed by atoms with Crippen LogP contribution in [0.4, 0.5) is 0 Å². The first-order valence-corrected chi connectivity index (χ1v) is 6.58. The fourth-order valence-corrected chi connectivity index (χ4v) is 1.84. The van der Waals surface area contributed by atoms with Gasteiger partial charge in [0.25, 0.3) is 0 Å². The van der Waals surface area contributed by atoms with Crippen molar-refractivity contribution >= 4 is 5.78 Å². The zero-order valence-electron chi connectivity index (χ0n) is 10.4. The van der Waals surface area contributed by atoms with Crippen LogP contribution in [0.15, 0.2) is 24.3 Å². The van der Waals surface area contributed by atoms with E-state index in [1.807, 2.05) is 24.3 Å². The van der Waals surface area contributed by atoms with Crippen molar-refractivity contribution in [2.45, 2.75) is 39.0 Å². The summed E-state index contributed by atoms with van der Waals surface area (Å²) >= 11 is 0. The zero-order chi connectivity index (χ0) is 12.1. The molecule has 0 bridgehead atoms. The molecule has 1 aromatic carbocycles. The number of benzene rings is 1. The summed E-state index contributed by atoms with van der Waals surface area (Å²) in [6, 6.07) is 7.58. The summed E-state index contributed by atoms with van der Waals surface area (Å²) in [6.07, 6.45) is 5.64. The smallest absolute Gasteiger partial charge is 0.165 e. The van der Waals surface area contributed by atoms with Crippen molar-refractivity contribution in [3.63, 3.8) is 0 Å². The molecule has 1 fully saturated rings. The second kappa shape index (κ2) is 5.85. The van der Waals surface area contributed by atoms with Gasteiger partial charge in [0.1, 0.15) is 5.75 Å². The molecule has 0 spiro atoms. The van der Waals surface area contributed by atoms with E-state index in [0.717, 1.165) is 37.2 Å². The van der Waals surface area contributed by atoms with Crippen molar-refractivity contribution in [1.29, 1.82) is 0 Å².